The molecule has 0 bridgehead atoms. The first kappa shape index (κ1) is 19.3. The number of fused-ring (bicyclic) bond motifs is 1. The Morgan fingerprint density at radius 1 is 1.07 bits per heavy atom. The lowest BCUT2D eigenvalue weighted by atomic mass is 10.2. The Bertz CT molecular complexity index is 1420. The van der Waals surface area contributed by atoms with Crippen LogP contribution in [0.1, 0.15) is 15.9 Å². The maximum absolute atomic E-state index is 13.9. The van der Waals surface area contributed by atoms with E-state index in [0.717, 1.165) is 22.3 Å². The van der Waals surface area contributed by atoms with Gasteiger partial charge in [0.25, 0.3) is 11.5 Å². The van der Waals surface area contributed by atoms with Crippen LogP contribution in [0.3, 0.4) is 0 Å². The molecular formula is C21H16F2N4O3. The van der Waals surface area contributed by atoms with Crippen LogP contribution >= 0.6 is 0 Å². The standard InChI is InChI=1S/C21H16F2N4O3/c1-11-3-6-13(7-4-11)27-20(29)18-17(25-21(27)30)14(10-26(18)2)19(28)24-16-8-5-12(22)9-15(16)23/h3-10H,1-2H3,(H,24,28)(H,25,30). The fourth-order valence-electron chi connectivity index (χ4n) is 3.25. The van der Waals surface area contributed by atoms with E-state index in [1.807, 2.05) is 6.92 Å². The van der Waals surface area contributed by atoms with Gasteiger partial charge >= 0.3 is 5.69 Å². The molecule has 2 heterocycles. The van der Waals surface area contributed by atoms with Crippen molar-refractivity contribution in [1.82, 2.24) is 14.1 Å². The molecule has 0 saturated heterocycles. The van der Waals surface area contributed by atoms with E-state index >= 15 is 0 Å². The predicted molar refractivity (Wildman–Crippen MR) is 108 cm³/mol. The summed E-state index contributed by atoms with van der Waals surface area (Å²) in [5.41, 5.74) is -0.104. The van der Waals surface area contributed by atoms with Crippen molar-refractivity contribution in [2.75, 3.05) is 5.32 Å². The minimum Gasteiger partial charge on any atom is -0.344 e. The summed E-state index contributed by atoms with van der Waals surface area (Å²) < 4.78 is 29.3. The molecule has 2 aromatic carbocycles. The van der Waals surface area contributed by atoms with Gasteiger partial charge in [0.2, 0.25) is 0 Å². The van der Waals surface area contributed by atoms with Crippen molar-refractivity contribution in [3.8, 4) is 5.69 Å². The van der Waals surface area contributed by atoms with Gasteiger partial charge in [0.1, 0.15) is 17.2 Å². The van der Waals surface area contributed by atoms with Crippen molar-refractivity contribution in [2.24, 2.45) is 7.05 Å². The van der Waals surface area contributed by atoms with Gasteiger partial charge in [-0.25, -0.2) is 18.1 Å². The second-order valence-corrected chi connectivity index (χ2v) is 6.86. The molecule has 4 aromatic rings. The maximum Gasteiger partial charge on any atom is 0.333 e. The first-order chi connectivity index (χ1) is 14.3. The van der Waals surface area contributed by atoms with Crippen molar-refractivity contribution >= 4 is 22.6 Å². The van der Waals surface area contributed by atoms with Gasteiger partial charge in [-0.2, -0.15) is 0 Å². The third-order valence-electron chi connectivity index (χ3n) is 4.74. The van der Waals surface area contributed by atoms with Crippen molar-refractivity contribution in [1.29, 1.82) is 0 Å². The molecule has 2 aromatic heterocycles. The zero-order valence-electron chi connectivity index (χ0n) is 16.0. The predicted octanol–water partition coefficient (Wildman–Crippen LogP) is 2.86. The molecular weight excluding hydrogens is 394 g/mol. The Hall–Kier alpha value is -4.01. The molecule has 0 aliphatic rings. The van der Waals surface area contributed by atoms with Gasteiger partial charge in [0.15, 0.2) is 0 Å². The lowest BCUT2D eigenvalue weighted by molar-refractivity contribution is 0.102. The summed E-state index contributed by atoms with van der Waals surface area (Å²) >= 11 is 0. The van der Waals surface area contributed by atoms with E-state index in [0.29, 0.717) is 11.8 Å². The van der Waals surface area contributed by atoms with Crippen LogP contribution in [0.5, 0.6) is 0 Å². The van der Waals surface area contributed by atoms with Crippen molar-refractivity contribution < 1.29 is 13.6 Å². The van der Waals surface area contributed by atoms with E-state index in [2.05, 4.69) is 10.3 Å². The fraction of sp³-hybridized carbons (Fsp3) is 0.0952. The molecule has 0 saturated carbocycles. The Labute approximate surface area is 168 Å². The summed E-state index contributed by atoms with van der Waals surface area (Å²) in [6.45, 7) is 1.88. The highest BCUT2D eigenvalue weighted by atomic mass is 19.1. The van der Waals surface area contributed by atoms with Crippen LogP contribution in [-0.4, -0.2) is 20.0 Å². The van der Waals surface area contributed by atoms with E-state index in [1.165, 1.54) is 10.8 Å². The molecule has 9 heteroatoms. The number of nitrogens with one attached hydrogen (secondary N) is 2. The largest absolute Gasteiger partial charge is 0.344 e. The first-order valence-corrected chi connectivity index (χ1v) is 8.94. The minimum absolute atomic E-state index is 0.0240. The molecule has 0 atom stereocenters. The van der Waals surface area contributed by atoms with Gasteiger partial charge in [0.05, 0.1) is 22.5 Å². The second kappa shape index (κ2) is 7.11. The first-order valence-electron chi connectivity index (χ1n) is 8.94. The number of benzene rings is 2. The number of nitrogens with zero attached hydrogens (tertiary/aromatic N) is 2. The summed E-state index contributed by atoms with van der Waals surface area (Å²) in [4.78, 5) is 40.9. The highest BCUT2D eigenvalue weighted by Gasteiger charge is 2.21. The SMILES string of the molecule is Cc1ccc(-n2c(=O)[nH]c3c(C(=O)Nc4ccc(F)cc4F)cn(C)c3c2=O)cc1. The monoisotopic (exact) mass is 410 g/mol. The van der Waals surface area contributed by atoms with Crippen molar-refractivity contribution in [2.45, 2.75) is 6.92 Å². The van der Waals surface area contributed by atoms with E-state index < -0.39 is 28.8 Å². The normalized spacial score (nSPS) is 11.1. The van der Waals surface area contributed by atoms with Gasteiger partial charge in [-0.3, -0.25) is 9.59 Å². The smallest absolute Gasteiger partial charge is 0.333 e. The van der Waals surface area contributed by atoms with Crippen LogP contribution in [0.4, 0.5) is 14.5 Å². The number of H-pyrrole nitrogens is 1. The van der Waals surface area contributed by atoms with E-state index in [4.69, 9.17) is 0 Å². The third-order valence-corrected chi connectivity index (χ3v) is 4.74. The molecule has 7 nitrogen and oxygen atoms in total. The van der Waals surface area contributed by atoms with Crippen LogP contribution in [0, 0.1) is 18.6 Å². The third kappa shape index (κ3) is 3.20. The molecule has 0 aliphatic carbocycles. The average Bonchev–Trinajstić information content (AvgIpc) is 3.02. The lowest BCUT2D eigenvalue weighted by Crippen LogP contribution is -2.34. The number of carbonyl (C=O) groups excluding carboxylic acids is 1. The second-order valence-electron chi connectivity index (χ2n) is 6.86. The van der Waals surface area contributed by atoms with Crippen molar-refractivity contribution in [3.63, 3.8) is 0 Å². The van der Waals surface area contributed by atoms with Crippen LogP contribution in [0.25, 0.3) is 16.7 Å². The number of hydrogen-bond donors (Lipinski definition) is 2. The zero-order valence-corrected chi connectivity index (χ0v) is 16.0. The number of aromatic nitrogens is 3. The van der Waals surface area contributed by atoms with Crippen LogP contribution in [-0.2, 0) is 7.05 Å². The highest BCUT2D eigenvalue weighted by molar-refractivity contribution is 6.11. The Balaban J connectivity index is 1.83. The van der Waals surface area contributed by atoms with Crippen LogP contribution in [0.15, 0.2) is 58.3 Å². The number of rotatable bonds is 3. The summed E-state index contributed by atoms with van der Waals surface area (Å²) in [7, 11) is 1.55. The topological polar surface area (TPSA) is 88.9 Å². The average molecular weight is 410 g/mol. The van der Waals surface area contributed by atoms with Crippen LogP contribution in [0.2, 0.25) is 0 Å². The molecule has 152 valence electrons. The van der Waals surface area contributed by atoms with Crippen molar-refractivity contribution in [3.05, 3.63) is 92.3 Å². The number of carbonyl (C=O) groups is 1. The molecule has 0 aliphatic heterocycles. The molecule has 1 amide bonds. The summed E-state index contributed by atoms with van der Waals surface area (Å²) in [5, 5.41) is 2.33. The van der Waals surface area contributed by atoms with Crippen LogP contribution < -0.4 is 16.6 Å². The van der Waals surface area contributed by atoms with Gasteiger partial charge in [-0.1, -0.05) is 17.7 Å². The number of aryl methyl sites for hydroxylation is 2. The lowest BCUT2D eigenvalue weighted by Gasteiger charge is -2.07. The van der Waals surface area contributed by atoms with E-state index in [1.54, 1.807) is 31.3 Å². The Morgan fingerprint density at radius 2 is 1.77 bits per heavy atom. The van der Waals surface area contributed by atoms with Gasteiger partial charge in [-0.05, 0) is 31.2 Å². The fourth-order valence-corrected chi connectivity index (χ4v) is 3.25. The van der Waals surface area contributed by atoms with E-state index in [-0.39, 0.29) is 22.3 Å². The quantitative estimate of drug-likeness (QED) is 0.544. The molecule has 0 radical (unpaired) electrons. The maximum atomic E-state index is 13.9. The highest BCUT2D eigenvalue weighted by Crippen LogP contribution is 2.20. The number of amides is 1. The minimum atomic E-state index is -0.946. The number of hydrogen-bond acceptors (Lipinski definition) is 3. The number of anilines is 1. The van der Waals surface area contributed by atoms with Gasteiger partial charge in [0, 0.05) is 19.3 Å². The molecule has 0 unspecified atom stereocenters. The molecule has 4 rings (SSSR count). The Kier molecular flexibility index (Phi) is 4.57. The molecule has 0 spiro atoms. The number of halogens is 2. The molecule has 30 heavy (non-hydrogen) atoms. The van der Waals surface area contributed by atoms with Gasteiger partial charge in [-0.15, -0.1) is 0 Å². The summed E-state index contributed by atoms with van der Waals surface area (Å²) in [6, 6.07) is 9.56. The van der Waals surface area contributed by atoms with Gasteiger partial charge < -0.3 is 14.9 Å². The summed E-state index contributed by atoms with van der Waals surface area (Å²) in [5.74, 6) is -2.48. The molecule has 2 N–H and O–H groups in total. The number of aromatic amines is 1. The Morgan fingerprint density at radius 3 is 2.43 bits per heavy atom. The van der Waals surface area contributed by atoms with E-state index in [9.17, 15) is 23.2 Å². The zero-order chi connectivity index (χ0) is 21.6. The summed E-state index contributed by atoms with van der Waals surface area (Å²) in [6.07, 6.45) is 1.36. The molecule has 0 fully saturated rings.